The number of carbonyl (C=O) groups is 4. The van der Waals surface area contributed by atoms with E-state index in [4.69, 9.17) is 24.2 Å². The van der Waals surface area contributed by atoms with E-state index in [9.17, 15) is 19.2 Å². The van der Waals surface area contributed by atoms with Crippen molar-refractivity contribution in [3.63, 3.8) is 0 Å². The molecule has 0 bridgehead atoms. The number of carbonyl (C=O) groups excluding carboxylic acids is 4. The van der Waals surface area contributed by atoms with Gasteiger partial charge in [0.25, 0.3) is 5.91 Å². The molecule has 15 heteroatoms. The summed E-state index contributed by atoms with van der Waals surface area (Å²) in [6, 6.07) is 21.6. The predicted octanol–water partition coefficient (Wildman–Crippen LogP) is 7.86. The number of likely N-dealkylation sites (tertiary alicyclic amines) is 2. The molecule has 5 atom stereocenters. The van der Waals surface area contributed by atoms with Crippen LogP contribution in [0.25, 0.3) is 44.2 Å². The van der Waals surface area contributed by atoms with E-state index in [0.29, 0.717) is 30.4 Å². The fourth-order valence-electron chi connectivity index (χ4n) is 9.36. The summed E-state index contributed by atoms with van der Waals surface area (Å²) < 4.78 is 16.1. The van der Waals surface area contributed by atoms with E-state index >= 15 is 0 Å². The fourth-order valence-corrected chi connectivity index (χ4v) is 9.36. The number of nitrogens with zero attached hydrogens (tertiary/aromatic N) is 4. The molecule has 9 rings (SSSR count). The van der Waals surface area contributed by atoms with Gasteiger partial charge in [-0.15, -0.1) is 0 Å². The normalized spacial score (nSPS) is 19.2. The molecule has 4 aromatic carbocycles. The molecule has 320 valence electrons. The van der Waals surface area contributed by atoms with Crippen LogP contribution in [0, 0.1) is 5.92 Å². The molecule has 3 aliphatic rings. The molecular formula is C47H50N8O7. The Balaban J connectivity index is 0.961. The van der Waals surface area contributed by atoms with E-state index in [1.807, 2.05) is 62.1 Å². The molecule has 4 amide bonds. The molecule has 0 aliphatic carbocycles. The van der Waals surface area contributed by atoms with E-state index in [-0.39, 0.29) is 35.9 Å². The summed E-state index contributed by atoms with van der Waals surface area (Å²) in [5.41, 5.74) is 7.21. The molecule has 5 heterocycles. The average molecular weight is 839 g/mol. The predicted molar refractivity (Wildman–Crippen MR) is 232 cm³/mol. The number of hydrogen-bond acceptors (Lipinski definition) is 9. The van der Waals surface area contributed by atoms with Gasteiger partial charge in [0.05, 0.1) is 49.2 Å². The van der Waals surface area contributed by atoms with Gasteiger partial charge in [0.15, 0.2) is 0 Å². The zero-order valence-electron chi connectivity index (χ0n) is 35.4. The summed E-state index contributed by atoms with van der Waals surface area (Å²) in [5.74, 6) is 1.65. The first kappa shape index (κ1) is 40.5. The molecule has 2 fully saturated rings. The zero-order chi connectivity index (χ0) is 43.2. The van der Waals surface area contributed by atoms with Gasteiger partial charge in [-0.05, 0) is 90.4 Å². The number of rotatable bonds is 9. The molecule has 62 heavy (non-hydrogen) atoms. The third-order valence-electron chi connectivity index (χ3n) is 12.6. The second kappa shape index (κ2) is 16.5. The molecule has 4 N–H and O–H groups in total. The topological polar surface area (TPSA) is 184 Å². The molecule has 0 spiro atoms. The van der Waals surface area contributed by atoms with Crippen LogP contribution in [0.3, 0.4) is 0 Å². The second-order valence-corrected chi connectivity index (χ2v) is 16.7. The Bertz CT molecular complexity index is 2690. The number of amides is 4. The smallest absolute Gasteiger partial charge is 0.407 e. The lowest BCUT2D eigenvalue weighted by Gasteiger charge is -2.32. The number of H-pyrrole nitrogens is 2. The van der Waals surface area contributed by atoms with Crippen LogP contribution in [0.2, 0.25) is 0 Å². The standard InChI is InChI=1S/C47H50N8O7/c1-25(2)39(52-46(58)60-4)45(57)55-26(3)13-18-37(55)43-49-34-17-15-28-21-33-31-16-14-29(20-30(31)24-62-38(33)22-32(28)41(34)51-43)35-23-48-42(50-35)36-12-9-19-54(36)44(56)40(53-47(59)61-5)27-10-7-6-8-11-27/h6-8,10-11,14-17,20-23,25-26,36-37,39-40H,9,12-13,18-19,24H2,1-5H3,(H,48,50)(H,49,51)(H,52,58)(H,53,59)/t26-,36-,37-,39-,40+/m0/s1. The highest BCUT2D eigenvalue weighted by Crippen LogP contribution is 2.44. The summed E-state index contributed by atoms with van der Waals surface area (Å²) in [6.07, 6.45) is 3.59. The van der Waals surface area contributed by atoms with Gasteiger partial charge in [0, 0.05) is 23.5 Å². The Kier molecular flexibility index (Phi) is 10.8. The number of benzene rings is 4. The number of nitrogens with one attached hydrogen (secondary N) is 4. The van der Waals surface area contributed by atoms with E-state index in [0.717, 1.165) is 81.2 Å². The first-order chi connectivity index (χ1) is 30.0. The van der Waals surface area contributed by atoms with Crippen LogP contribution in [-0.2, 0) is 25.7 Å². The van der Waals surface area contributed by atoms with Gasteiger partial charge < -0.3 is 44.6 Å². The van der Waals surface area contributed by atoms with Crippen LogP contribution >= 0.6 is 0 Å². The molecular weight excluding hydrogens is 789 g/mol. The molecule has 2 saturated heterocycles. The third kappa shape index (κ3) is 7.34. The van der Waals surface area contributed by atoms with Crippen molar-refractivity contribution in [1.82, 2.24) is 40.4 Å². The van der Waals surface area contributed by atoms with Crippen molar-refractivity contribution in [3.8, 4) is 28.1 Å². The van der Waals surface area contributed by atoms with Crippen molar-refractivity contribution >= 4 is 45.8 Å². The van der Waals surface area contributed by atoms with Crippen LogP contribution in [-0.4, -0.2) is 86.6 Å². The first-order valence-corrected chi connectivity index (χ1v) is 21.2. The molecule has 0 radical (unpaired) electrons. The Morgan fingerprint density at radius 1 is 0.839 bits per heavy atom. The second-order valence-electron chi connectivity index (χ2n) is 16.7. The molecule has 0 unspecified atom stereocenters. The maximum Gasteiger partial charge on any atom is 0.407 e. The molecule has 3 aliphatic heterocycles. The summed E-state index contributed by atoms with van der Waals surface area (Å²) in [4.78, 5) is 73.0. The highest BCUT2D eigenvalue weighted by atomic mass is 16.5. The lowest BCUT2D eigenvalue weighted by Crippen LogP contribution is -2.52. The summed E-state index contributed by atoms with van der Waals surface area (Å²) in [6.45, 7) is 6.76. The van der Waals surface area contributed by atoms with Gasteiger partial charge in [-0.25, -0.2) is 19.6 Å². The zero-order valence-corrected chi connectivity index (χ0v) is 35.4. The minimum atomic E-state index is -0.895. The summed E-state index contributed by atoms with van der Waals surface area (Å²) in [7, 11) is 2.57. The highest BCUT2D eigenvalue weighted by Gasteiger charge is 2.42. The third-order valence-corrected chi connectivity index (χ3v) is 12.6. The van der Waals surface area contributed by atoms with Crippen molar-refractivity contribution in [3.05, 3.63) is 102 Å². The maximum absolute atomic E-state index is 14.0. The van der Waals surface area contributed by atoms with Crippen molar-refractivity contribution in [2.75, 3.05) is 20.8 Å². The lowest BCUT2D eigenvalue weighted by atomic mass is 9.92. The van der Waals surface area contributed by atoms with E-state index in [2.05, 4.69) is 57.0 Å². The van der Waals surface area contributed by atoms with Crippen LogP contribution in [0.4, 0.5) is 9.59 Å². The van der Waals surface area contributed by atoms with Crippen molar-refractivity contribution in [2.24, 2.45) is 5.92 Å². The summed E-state index contributed by atoms with van der Waals surface area (Å²) in [5, 5.41) is 7.41. The minimum Gasteiger partial charge on any atom is -0.488 e. The molecule has 2 aromatic heterocycles. The van der Waals surface area contributed by atoms with E-state index < -0.39 is 24.3 Å². The van der Waals surface area contributed by atoms with Crippen molar-refractivity contribution in [1.29, 1.82) is 0 Å². The number of methoxy groups -OCH3 is 2. The fraction of sp³-hybridized carbons (Fsp3) is 0.362. The lowest BCUT2D eigenvalue weighted by molar-refractivity contribution is -0.137. The van der Waals surface area contributed by atoms with Gasteiger partial charge >= 0.3 is 12.2 Å². The highest BCUT2D eigenvalue weighted by molar-refractivity contribution is 6.07. The minimum absolute atomic E-state index is 0.0285. The Morgan fingerprint density at radius 3 is 2.40 bits per heavy atom. The number of hydrogen-bond donors (Lipinski definition) is 4. The molecule has 15 nitrogen and oxygen atoms in total. The number of imidazole rings is 2. The molecule has 0 saturated carbocycles. The van der Waals surface area contributed by atoms with Gasteiger partial charge in [-0.2, -0.15) is 0 Å². The van der Waals surface area contributed by atoms with Crippen LogP contribution in [0.5, 0.6) is 5.75 Å². The van der Waals surface area contributed by atoms with Crippen LogP contribution in [0.15, 0.2) is 79.0 Å². The number of ether oxygens (including phenoxy) is 3. The Morgan fingerprint density at radius 2 is 1.63 bits per heavy atom. The van der Waals surface area contributed by atoms with Crippen LogP contribution < -0.4 is 15.4 Å². The number of fused-ring (bicyclic) bond motifs is 6. The average Bonchev–Trinajstić information content (AvgIpc) is 4.12. The maximum atomic E-state index is 14.0. The van der Waals surface area contributed by atoms with E-state index in [1.54, 1.807) is 11.1 Å². The monoisotopic (exact) mass is 838 g/mol. The number of alkyl carbamates (subject to hydrolysis) is 2. The quantitative estimate of drug-likeness (QED) is 0.113. The Hall–Kier alpha value is -6.90. The Labute approximate surface area is 358 Å². The SMILES string of the molecule is COC(=O)N[C@H](C(=O)N1[C@@H](C)CC[C@H]1c1nc2c(ccc3cc4c(cc32)OCc2cc(-c3cnc([C@@H]5CCCN5C(=O)[C@H](NC(=O)OC)c5ccccc5)[nH]3)ccc2-4)[nH]1)C(C)C. The number of aromatic nitrogens is 4. The first-order valence-electron chi connectivity index (χ1n) is 21.2. The van der Waals surface area contributed by atoms with Crippen LogP contribution in [0.1, 0.15) is 87.4 Å². The van der Waals surface area contributed by atoms with Crippen molar-refractivity contribution < 1.29 is 33.4 Å². The van der Waals surface area contributed by atoms with Gasteiger partial charge in [-0.3, -0.25) is 9.59 Å². The van der Waals surface area contributed by atoms with Gasteiger partial charge in [-0.1, -0.05) is 62.4 Å². The summed E-state index contributed by atoms with van der Waals surface area (Å²) >= 11 is 0. The van der Waals surface area contributed by atoms with Gasteiger partial charge in [0.1, 0.15) is 36.1 Å². The molecule has 6 aromatic rings. The largest absolute Gasteiger partial charge is 0.488 e. The van der Waals surface area contributed by atoms with E-state index in [1.165, 1.54) is 14.2 Å². The van der Waals surface area contributed by atoms with Crippen molar-refractivity contribution in [2.45, 2.75) is 83.3 Å². The number of aromatic amines is 2. The van der Waals surface area contributed by atoms with Gasteiger partial charge in [0.2, 0.25) is 5.91 Å².